The molecule has 6 heteroatoms. The van der Waals surface area contributed by atoms with Gasteiger partial charge in [0, 0.05) is 37.4 Å². The Morgan fingerprint density at radius 2 is 1.89 bits per heavy atom. The summed E-state index contributed by atoms with van der Waals surface area (Å²) >= 11 is 0. The fourth-order valence-electron chi connectivity index (χ4n) is 3.45. The second-order valence-electron chi connectivity index (χ2n) is 6.97. The van der Waals surface area contributed by atoms with Gasteiger partial charge in [-0.25, -0.2) is 4.39 Å². The van der Waals surface area contributed by atoms with E-state index in [4.69, 9.17) is 4.52 Å². The van der Waals surface area contributed by atoms with Gasteiger partial charge in [-0.2, -0.15) is 4.98 Å². The van der Waals surface area contributed by atoms with Crippen LogP contribution < -0.4 is 4.90 Å². The molecule has 1 aromatic heterocycles. The van der Waals surface area contributed by atoms with E-state index in [2.05, 4.69) is 39.0 Å². The predicted octanol–water partition coefficient (Wildman–Crippen LogP) is 3.90. The summed E-state index contributed by atoms with van der Waals surface area (Å²) in [5.74, 6) is 1.08. The first-order valence-corrected chi connectivity index (χ1v) is 9.30. The van der Waals surface area contributed by atoms with Crippen molar-refractivity contribution in [2.45, 2.75) is 19.9 Å². The molecule has 0 unspecified atom stereocenters. The molecule has 0 N–H and O–H groups in total. The first-order chi connectivity index (χ1) is 13.2. The van der Waals surface area contributed by atoms with Crippen LogP contribution in [0.1, 0.15) is 17.9 Å². The molecule has 0 bridgehead atoms. The molecule has 0 spiro atoms. The van der Waals surface area contributed by atoms with Gasteiger partial charge in [-0.1, -0.05) is 28.9 Å². The van der Waals surface area contributed by atoms with Gasteiger partial charge in [0.15, 0.2) is 0 Å². The van der Waals surface area contributed by atoms with Gasteiger partial charge in [-0.05, 0) is 43.7 Å². The van der Waals surface area contributed by atoms with Crippen LogP contribution in [0.25, 0.3) is 11.4 Å². The Hall–Kier alpha value is -2.73. The maximum Gasteiger partial charge on any atom is 0.241 e. The molecule has 5 nitrogen and oxygen atoms in total. The lowest BCUT2D eigenvalue weighted by Crippen LogP contribution is -2.30. The Morgan fingerprint density at radius 3 is 2.70 bits per heavy atom. The Kier molecular flexibility index (Phi) is 5.16. The number of hydrogen-bond donors (Lipinski definition) is 0. The number of nitrogens with zero attached hydrogens (tertiary/aromatic N) is 4. The van der Waals surface area contributed by atoms with E-state index in [1.165, 1.54) is 17.7 Å². The largest absolute Gasteiger partial charge is 0.370 e. The Bertz CT molecular complexity index is 893. The first kappa shape index (κ1) is 17.7. The van der Waals surface area contributed by atoms with E-state index in [1.54, 1.807) is 0 Å². The average molecular weight is 366 g/mol. The van der Waals surface area contributed by atoms with E-state index in [0.29, 0.717) is 18.3 Å². The van der Waals surface area contributed by atoms with E-state index in [-0.39, 0.29) is 5.82 Å². The van der Waals surface area contributed by atoms with E-state index in [1.807, 2.05) is 24.3 Å². The topological polar surface area (TPSA) is 45.4 Å². The first-order valence-electron chi connectivity index (χ1n) is 9.30. The van der Waals surface area contributed by atoms with Gasteiger partial charge in [0.25, 0.3) is 0 Å². The van der Waals surface area contributed by atoms with E-state index < -0.39 is 0 Å². The molecule has 0 amide bonds. The normalized spacial score (nSPS) is 15.7. The number of benzene rings is 2. The fraction of sp³-hybridized carbons (Fsp3) is 0.333. The summed E-state index contributed by atoms with van der Waals surface area (Å²) in [5.41, 5.74) is 3.22. The Morgan fingerprint density at radius 1 is 1.04 bits per heavy atom. The van der Waals surface area contributed by atoms with Crippen LogP contribution in [0, 0.1) is 12.7 Å². The monoisotopic (exact) mass is 366 g/mol. The van der Waals surface area contributed by atoms with Gasteiger partial charge in [-0.15, -0.1) is 0 Å². The van der Waals surface area contributed by atoms with Crippen molar-refractivity contribution in [2.24, 2.45) is 0 Å². The highest BCUT2D eigenvalue weighted by molar-refractivity contribution is 5.55. The zero-order valence-corrected chi connectivity index (χ0v) is 15.4. The third-order valence-electron chi connectivity index (χ3n) is 4.88. The number of halogens is 1. The van der Waals surface area contributed by atoms with Crippen LogP contribution >= 0.6 is 0 Å². The lowest BCUT2D eigenvalue weighted by atomic mass is 10.1. The molecule has 0 radical (unpaired) electrons. The van der Waals surface area contributed by atoms with Crippen molar-refractivity contribution in [3.05, 3.63) is 65.8 Å². The lowest BCUT2D eigenvalue weighted by molar-refractivity contribution is 0.239. The van der Waals surface area contributed by atoms with Crippen molar-refractivity contribution in [3.8, 4) is 11.4 Å². The third-order valence-corrected chi connectivity index (χ3v) is 4.88. The van der Waals surface area contributed by atoms with Crippen LogP contribution in [-0.4, -0.2) is 41.2 Å². The van der Waals surface area contributed by atoms with Gasteiger partial charge in [0.1, 0.15) is 5.82 Å². The minimum atomic E-state index is -0.198. The molecule has 0 saturated carbocycles. The van der Waals surface area contributed by atoms with E-state index >= 15 is 0 Å². The van der Waals surface area contributed by atoms with Gasteiger partial charge in [0.2, 0.25) is 11.7 Å². The summed E-state index contributed by atoms with van der Waals surface area (Å²) < 4.78 is 18.6. The highest BCUT2D eigenvalue weighted by Crippen LogP contribution is 2.20. The van der Waals surface area contributed by atoms with E-state index in [0.717, 1.165) is 43.9 Å². The smallest absolute Gasteiger partial charge is 0.241 e. The standard InChI is InChI=1S/C21H23FN4O/c1-16-4-2-5-17(14-16)21-23-20(27-24-21)15-25-10-3-11-26(13-12-25)19-8-6-18(22)7-9-19/h2,4-9,14H,3,10-13,15H2,1H3. The fourth-order valence-corrected chi connectivity index (χ4v) is 3.45. The lowest BCUT2D eigenvalue weighted by Gasteiger charge is -2.23. The SMILES string of the molecule is Cc1cccc(-c2noc(CN3CCCN(c4ccc(F)cc4)CC3)n2)c1. The van der Waals surface area contributed by atoms with Gasteiger partial charge >= 0.3 is 0 Å². The molecule has 27 heavy (non-hydrogen) atoms. The minimum Gasteiger partial charge on any atom is -0.370 e. The summed E-state index contributed by atoms with van der Waals surface area (Å²) in [4.78, 5) is 9.19. The van der Waals surface area contributed by atoms with Crippen LogP contribution in [0.4, 0.5) is 10.1 Å². The number of rotatable bonds is 4. The second kappa shape index (κ2) is 7.88. The Balaban J connectivity index is 1.38. The maximum absolute atomic E-state index is 13.1. The minimum absolute atomic E-state index is 0.198. The van der Waals surface area contributed by atoms with Crippen LogP contribution in [-0.2, 0) is 6.54 Å². The van der Waals surface area contributed by atoms with Crippen LogP contribution in [0.2, 0.25) is 0 Å². The third kappa shape index (κ3) is 4.34. The molecule has 1 fully saturated rings. The van der Waals surface area contributed by atoms with Crippen molar-refractivity contribution in [3.63, 3.8) is 0 Å². The molecule has 0 aliphatic carbocycles. The second-order valence-corrected chi connectivity index (χ2v) is 6.97. The summed E-state index contributed by atoms with van der Waals surface area (Å²) in [6.07, 6.45) is 1.04. The molecule has 140 valence electrons. The zero-order valence-electron chi connectivity index (χ0n) is 15.4. The van der Waals surface area contributed by atoms with Gasteiger partial charge in [0.05, 0.1) is 6.54 Å². The zero-order chi connectivity index (χ0) is 18.6. The molecule has 4 rings (SSSR count). The quantitative estimate of drug-likeness (QED) is 0.701. The van der Waals surface area contributed by atoms with Crippen molar-refractivity contribution in [1.82, 2.24) is 15.0 Å². The average Bonchev–Trinajstić information content (AvgIpc) is 3.01. The molecule has 2 heterocycles. The van der Waals surface area contributed by atoms with Crippen LogP contribution in [0.3, 0.4) is 0 Å². The van der Waals surface area contributed by atoms with Crippen LogP contribution in [0.15, 0.2) is 53.1 Å². The van der Waals surface area contributed by atoms with Gasteiger partial charge in [-0.3, -0.25) is 4.90 Å². The van der Waals surface area contributed by atoms with E-state index in [9.17, 15) is 4.39 Å². The highest BCUT2D eigenvalue weighted by atomic mass is 19.1. The molecule has 0 atom stereocenters. The van der Waals surface area contributed by atoms with Crippen LogP contribution in [0.5, 0.6) is 0 Å². The van der Waals surface area contributed by atoms with Crippen molar-refractivity contribution >= 4 is 5.69 Å². The van der Waals surface area contributed by atoms with Gasteiger partial charge < -0.3 is 9.42 Å². The molecular weight excluding hydrogens is 343 g/mol. The number of aromatic nitrogens is 2. The number of anilines is 1. The summed E-state index contributed by atoms with van der Waals surface area (Å²) in [6, 6.07) is 14.8. The highest BCUT2D eigenvalue weighted by Gasteiger charge is 2.18. The molecule has 1 aliphatic heterocycles. The molecular formula is C21H23FN4O. The van der Waals surface area contributed by atoms with Crippen molar-refractivity contribution < 1.29 is 8.91 Å². The summed E-state index contributed by atoms with van der Waals surface area (Å²) in [7, 11) is 0. The Labute approximate surface area is 158 Å². The molecule has 2 aromatic carbocycles. The maximum atomic E-state index is 13.1. The summed E-state index contributed by atoms with van der Waals surface area (Å²) in [6.45, 7) is 6.43. The molecule has 3 aromatic rings. The summed E-state index contributed by atoms with van der Waals surface area (Å²) in [5, 5.41) is 4.13. The van der Waals surface area contributed by atoms with Crippen molar-refractivity contribution in [1.29, 1.82) is 0 Å². The molecule has 1 aliphatic rings. The number of hydrogen-bond acceptors (Lipinski definition) is 5. The number of aryl methyl sites for hydroxylation is 1. The predicted molar refractivity (Wildman–Crippen MR) is 103 cm³/mol. The molecule has 1 saturated heterocycles. The van der Waals surface area contributed by atoms with Crippen molar-refractivity contribution in [2.75, 3.05) is 31.1 Å².